The van der Waals surface area contributed by atoms with Crippen LogP contribution in [0.25, 0.3) is 17.3 Å². The number of nitrogens with zero attached hydrogens (tertiary/aromatic N) is 1. The predicted molar refractivity (Wildman–Crippen MR) is 121 cm³/mol. The van der Waals surface area contributed by atoms with Crippen LogP contribution in [0.2, 0.25) is 0 Å². The van der Waals surface area contributed by atoms with Gasteiger partial charge in [-0.1, -0.05) is 56.2 Å². The fourth-order valence-electron chi connectivity index (χ4n) is 3.16. The Balaban J connectivity index is 1.77. The van der Waals surface area contributed by atoms with E-state index in [1.54, 1.807) is 18.2 Å². The van der Waals surface area contributed by atoms with Crippen molar-refractivity contribution in [2.24, 2.45) is 0 Å². The van der Waals surface area contributed by atoms with Crippen LogP contribution >= 0.6 is 0 Å². The molecule has 1 unspecified atom stereocenters. The summed E-state index contributed by atoms with van der Waals surface area (Å²) in [6.07, 6.45) is 15.6. The maximum absolute atomic E-state index is 14.1. The summed E-state index contributed by atoms with van der Waals surface area (Å²) in [4.78, 5) is 4.48. The molecule has 0 aliphatic rings. The highest BCUT2D eigenvalue weighted by Crippen LogP contribution is 2.21. The van der Waals surface area contributed by atoms with Gasteiger partial charge in [0.25, 0.3) is 0 Å². The number of allylic oxidation sites excluding steroid dienone is 2. The summed E-state index contributed by atoms with van der Waals surface area (Å²) >= 11 is 0. The SMILES string of the molecule is C=CCc1ccc(-c2ccc(C=CCCCC(C)OCCCCC)cn2)cc1F. The molecule has 2 rings (SSSR count). The van der Waals surface area contributed by atoms with Gasteiger partial charge in [0.15, 0.2) is 0 Å². The highest BCUT2D eigenvalue weighted by atomic mass is 19.1. The maximum atomic E-state index is 14.1. The molecule has 29 heavy (non-hydrogen) atoms. The quantitative estimate of drug-likeness (QED) is 0.260. The van der Waals surface area contributed by atoms with Gasteiger partial charge in [-0.05, 0) is 62.3 Å². The lowest BCUT2D eigenvalue weighted by Gasteiger charge is -2.11. The second kappa shape index (κ2) is 13.1. The van der Waals surface area contributed by atoms with Crippen molar-refractivity contribution >= 4 is 6.08 Å². The number of hydrogen-bond acceptors (Lipinski definition) is 2. The zero-order valence-corrected chi connectivity index (χ0v) is 17.9. The van der Waals surface area contributed by atoms with Crippen LogP contribution in [0.5, 0.6) is 0 Å². The van der Waals surface area contributed by atoms with E-state index in [9.17, 15) is 4.39 Å². The van der Waals surface area contributed by atoms with E-state index in [0.29, 0.717) is 18.1 Å². The topological polar surface area (TPSA) is 22.1 Å². The number of unbranched alkanes of at least 4 members (excludes halogenated alkanes) is 3. The summed E-state index contributed by atoms with van der Waals surface area (Å²) < 4.78 is 19.9. The molecule has 1 atom stereocenters. The van der Waals surface area contributed by atoms with E-state index < -0.39 is 0 Å². The van der Waals surface area contributed by atoms with E-state index in [1.165, 1.54) is 12.8 Å². The fourth-order valence-corrected chi connectivity index (χ4v) is 3.16. The third-order valence-electron chi connectivity index (χ3n) is 4.94. The molecule has 2 nitrogen and oxygen atoms in total. The molecule has 0 saturated heterocycles. The van der Waals surface area contributed by atoms with E-state index in [-0.39, 0.29) is 5.82 Å². The molecule has 0 saturated carbocycles. The first kappa shape index (κ1) is 23.0. The Kier molecular flexibility index (Phi) is 10.4. The number of ether oxygens (including phenoxy) is 1. The molecule has 1 aromatic carbocycles. The zero-order chi connectivity index (χ0) is 20.9. The van der Waals surface area contributed by atoms with E-state index in [2.05, 4.69) is 37.6 Å². The second-order valence-corrected chi connectivity index (χ2v) is 7.50. The molecule has 1 aromatic heterocycles. The number of halogens is 1. The van der Waals surface area contributed by atoms with Gasteiger partial charge in [-0.3, -0.25) is 4.98 Å². The Labute approximate surface area is 175 Å². The molecule has 0 amide bonds. The van der Waals surface area contributed by atoms with E-state index in [0.717, 1.165) is 49.1 Å². The van der Waals surface area contributed by atoms with Gasteiger partial charge in [0.2, 0.25) is 0 Å². The Morgan fingerprint density at radius 2 is 2.03 bits per heavy atom. The van der Waals surface area contributed by atoms with Crippen LogP contribution in [0.3, 0.4) is 0 Å². The van der Waals surface area contributed by atoms with Crippen molar-refractivity contribution in [1.29, 1.82) is 0 Å². The van der Waals surface area contributed by atoms with Crippen molar-refractivity contribution < 1.29 is 9.13 Å². The molecule has 3 heteroatoms. The van der Waals surface area contributed by atoms with Gasteiger partial charge in [-0.2, -0.15) is 0 Å². The Morgan fingerprint density at radius 1 is 1.17 bits per heavy atom. The first-order valence-corrected chi connectivity index (χ1v) is 10.8. The Bertz CT molecular complexity index is 767. The minimum atomic E-state index is -0.211. The molecular weight excluding hydrogens is 361 g/mol. The largest absolute Gasteiger partial charge is 0.379 e. The van der Waals surface area contributed by atoms with Crippen molar-refractivity contribution in [1.82, 2.24) is 4.98 Å². The number of pyridine rings is 1. The first-order valence-electron chi connectivity index (χ1n) is 10.8. The van der Waals surface area contributed by atoms with Gasteiger partial charge in [0, 0.05) is 18.4 Å². The van der Waals surface area contributed by atoms with Crippen LogP contribution in [-0.4, -0.2) is 17.7 Å². The van der Waals surface area contributed by atoms with Crippen molar-refractivity contribution in [2.45, 2.75) is 64.9 Å². The highest BCUT2D eigenvalue weighted by Gasteiger charge is 2.05. The predicted octanol–water partition coefficient (Wildman–Crippen LogP) is 7.40. The molecule has 0 radical (unpaired) electrons. The maximum Gasteiger partial charge on any atom is 0.127 e. The van der Waals surface area contributed by atoms with Crippen LogP contribution in [0.4, 0.5) is 4.39 Å². The summed E-state index contributed by atoms with van der Waals surface area (Å²) in [5.74, 6) is -0.211. The number of rotatable bonds is 13. The third kappa shape index (κ3) is 8.33. The molecule has 0 aliphatic heterocycles. The molecule has 156 valence electrons. The molecule has 0 spiro atoms. The standard InChI is InChI=1S/C26H34FNO/c1-4-6-10-18-29-21(3)12-8-7-9-13-22-14-17-26(28-20-22)24-16-15-23(11-5-2)25(27)19-24/h5,9,13-17,19-21H,2,4,6-8,10-12,18H2,1,3H3. The minimum Gasteiger partial charge on any atom is -0.379 e. The number of aromatic nitrogens is 1. The minimum absolute atomic E-state index is 0.211. The van der Waals surface area contributed by atoms with E-state index in [1.807, 2.05) is 24.4 Å². The highest BCUT2D eigenvalue weighted by molar-refractivity contribution is 5.61. The fraction of sp³-hybridized carbons (Fsp3) is 0.423. The molecule has 0 aliphatic carbocycles. The lowest BCUT2D eigenvalue weighted by atomic mass is 10.1. The van der Waals surface area contributed by atoms with Gasteiger partial charge in [0.05, 0.1) is 11.8 Å². The second-order valence-electron chi connectivity index (χ2n) is 7.50. The average Bonchev–Trinajstić information content (AvgIpc) is 2.73. The smallest absolute Gasteiger partial charge is 0.127 e. The molecule has 2 aromatic rings. The van der Waals surface area contributed by atoms with Crippen molar-refractivity contribution in [3.63, 3.8) is 0 Å². The number of hydrogen-bond donors (Lipinski definition) is 0. The molecule has 0 fully saturated rings. The summed E-state index contributed by atoms with van der Waals surface area (Å²) in [7, 11) is 0. The van der Waals surface area contributed by atoms with Crippen molar-refractivity contribution in [3.05, 3.63) is 72.2 Å². The molecular formula is C26H34FNO. The normalized spacial score (nSPS) is 12.4. The lowest BCUT2D eigenvalue weighted by Crippen LogP contribution is -2.08. The van der Waals surface area contributed by atoms with Crippen LogP contribution in [-0.2, 0) is 11.2 Å². The van der Waals surface area contributed by atoms with Crippen LogP contribution in [0.1, 0.15) is 63.5 Å². The monoisotopic (exact) mass is 395 g/mol. The molecule has 0 N–H and O–H groups in total. The van der Waals surface area contributed by atoms with Gasteiger partial charge in [0.1, 0.15) is 5.82 Å². The van der Waals surface area contributed by atoms with Gasteiger partial charge < -0.3 is 4.74 Å². The third-order valence-corrected chi connectivity index (χ3v) is 4.94. The van der Waals surface area contributed by atoms with Crippen molar-refractivity contribution in [3.8, 4) is 11.3 Å². The molecule has 1 heterocycles. The molecule has 0 bridgehead atoms. The van der Waals surface area contributed by atoms with Crippen LogP contribution < -0.4 is 0 Å². The summed E-state index contributed by atoms with van der Waals surface area (Å²) in [5.41, 5.74) is 3.28. The van der Waals surface area contributed by atoms with Gasteiger partial charge in [-0.15, -0.1) is 6.58 Å². The summed E-state index contributed by atoms with van der Waals surface area (Å²) in [6.45, 7) is 8.90. The van der Waals surface area contributed by atoms with Gasteiger partial charge >= 0.3 is 0 Å². The Morgan fingerprint density at radius 3 is 2.72 bits per heavy atom. The van der Waals surface area contributed by atoms with Crippen LogP contribution in [0, 0.1) is 5.82 Å². The zero-order valence-electron chi connectivity index (χ0n) is 17.9. The van der Waals surface area contributed by atoms with Crippen LogP contribution in [0.15, 0.2) is 55.3 Å². The number of benzene rings is 1. The Hall–Kier alpha value is -2.26. The summed E-state index contributed by atoms with van der Waals surface area (Å²) in [5, 5.41) is 0. The van der Waals surface area contributed by atoms with Gasteiger partial charge in [-0.25, -0.2) is 4.39 Å². The first-order chi connectivity index (χ1) is 14.1. The van der Waals surface area contributed by atoms with E-state index in [4.69, 9.17) is 4.74 Å². The summed E-state index contributed by atoms with van der Waals surface area (Å²) in [6, 6.07) is 9.21. The lowest BCUT2D eigenvalue weighted by molar-refractivity contribution is 0.0566. The average molecular weight is 396 g/mol. The van der Waals surface area contributed by atoms with E-state index >= 15 is 0 Å². The van der Waals surface area contributed by atoms with Crippen molar-refractivity contribution in [2.75, 3.05) is 6.61 Å².